The summed E-state index contributed by atoms with van der Waals surface area (Å²) in [4.78, 5) is 0. The molecule has 8 aromatic carbocycles. The van der Waals surface area contributed by atoms with Crippen LogP contribution in [0.5, 0.6) is 0 Å². The molecular weight excluding hydrogens is 722 g/mol. The Labute approximate surface area is 311 Å². The predicted octanol–water partition coefficient (Wildman–Crippen LogP) is 12.1. The first kappa shape index (κ1) is 35.2. The second-order valence-electron chi connectivity index (χ2n) is 11.6. The lowest BCUT2D eigenvalue weighted by Crippen LogP contribution is -2.29. The van der Waals surface area contributed by atoms with Crippen molar-refractivity contribution in [2.45, 2.75) is 0 Å². The molecule has 0 saturated carbocycles. The molecule has 0 spiro atoms. The van der Waals surface area contributed by atoms with Gasteiger partial charge in [0, 0.05) is 14.5 Å². The maximum Gasteiger partial charge on any atom is 0.488 e. The van der Waals surface area contributed by atoms with Crippen molar-refractivity contribution in [3.63, 3.8) is 0 Å². The highest BCUT2D eigenvalue weighted by Crippen LogP contribution is 2.31. The molecule has 0 saturated heterocycles. The molecule has 0 heterocycles. The average molecular weight is 754 g/mol. The molecular formula is C44H32BBrCl2O2. The maximum absolute atomic E-state index is 9.11. The zero-order chi connectivity index (χ0) is 34.9. The Morgan fingerprint density at radius 1 is 0.380 bits per heavy atom. The summed E-state index contributed by atoms with van der Waals surface area (Å²) in [5.74, 6) is 0. The van der Waals surface area contributed by atoms with Crippen LogP contribution in [0.25, 0.3) is 54.9 Å². The Balaban J connectivity index is 0.000000144. The van der Waals surface area contributed by atoms with E-state index in [1.165, 1.54) is 43.8 Å². The quantitative estimate of drug-likeness (QED) is 0.176. The highest BCUT2D eigenvalue weighted by molar-refractivity contribution is 9.10. The van der Waals surface area contributed by atoms with Crippen LogP contribution >= 0.6 is 39.1 Å². The minimum atomic E-state index is -1.42. The summed E-state index contributed by atoms with van der Waals surface area (Å²) < 4.78 is 1.06. The molecule has 0 fully saturated rings. The number of rotatable bonds is 4. The predicted molar refractivity (Wildman–Crippen MR) is 218 cm³/mol. The van der Waals surface area contributed by atoms with Gasteiger partial charge in [-0.1, -0.05) is 185 Å². The van der Waals surface area contributed by atoms with Crippen LogP contribution in [0.2, 0.25) is 10.0 Å². The van der Waals surface area contributed by atoms with Gasteiger partial charge >= 0.3 is 7.12 Å². The summed E-state index contributed by atoms with van der Waals surface area (Å²) in [6, 6.07) is 60.8. The molecule has 2 N–H and O–H groups in total. The van der Waals surface area contributed by atoms with Crippen LogP contribution in [0, 0.1) is 0 Å². The van der Waals surface area contributed by atoms with Gasteiger partial charge in [-0.3, -0.25) is 0 Å². The Hall–Kier alpha value is -4.68. The van der Waals surface area contributed by atoms with E-state index in [0.29, 0.717) is 5.46 Å². The second kappa shape index (κ2) is 16.8. The van der Waals surface area contributed by atoms with Crippen molar-refractivity contribution in [3.05, 3.63) is 197 Å². The third-order valence-electron chi connectivity index (χ3n) is 8.28. The van der Waals surface area contributed by atoms with E-state index < -0.39 is 7.12 Å². The normalized spacial score (nSPS) is 10.5. The zero-order valence-electron chi connectivity index (χ0n) is 26.9. The molecule has 0 amide bonds. The highest BCUT2D eigenvalue weighted by atomic mass is 79.9. The maximum atomic E-state index is 9.11. The van der Waals surface area contributed by atoms with Crippen LogP contribution in [0.3, 0.4) is 0 Å². The van der Waals surface area contributed by atoms with Gasteiger partial charge in [0.2, 0.25) is 0 Å². The number of halogens is 3. The molecule has 0 radical (unpaired) electrons. The zero-order valence-corrected chi connectivity index (χ0v) is 30.0. The Morgan fingerprint density at radius 3 is 1.18 bits per heavy atom. The number of hydrogen-bond acceptors (Lipinski definition) is 2. The van der Waals surface area contributed by atoms with Gasteiger partial charge in [-0.05, 0) is 96.8 Å². The topological polar surface area (TPSA) is 40.5 Å². The lowest BCUT2D eigenvalue weighted by atomic mass is 9.79. The van der Waals surface area contributed by atoms with Crippen molar-refractivity contribution < 1.29 is 10.0 Å². The molecule has 50 heavy (non-hydrogen) atoms. The van der Waals surface area contributed by atoms with E-state index in [9.17, 15) is 0 Å². The SMILES string of the molecule is Clc1ccc(-c2ccc(-c3cccc4ccccc34)cc2)cc1.Clc1ccc(Br)cc1.OB(O)c1ccc(-c2cccc3ccccc23)cc1. The van der Waals surface area contributed by atoms with Crippen LogP contribution in [-0.2, 0) is 0 Å². The van der Waals surface area contributed by atoms with E-state index in [2.05, 4.69) is 119 Å². The monoisotopic (exact) mass is 752 g/mol. The lowest BCUT2D eigenvalue weighted by molar-refractivity contribution is 0.426. The molecule has 244 valence electrons. The average Bonchev–Trinajstić information content (AvgIpc) is 3.16. The molecule has 0 unspecified atom stereocenters. The van der Waals surface area contributed by atoms with Crippen LogP contribution in [0.15, 0.2) is 186 Å². The number of benzene rings is 8. The van der Waals surface area contributed by atoms with Gasteiger partial charge in [-0.2, -0.15) is 0 Å². The van der Waals surface area contributed by atoms with Crippen LogP contribution in [-0.4, -0.2) is 17.2 Å². The molecule has 0 aliphatic rings. The van der Waals surface area contributed by atoms with E-state index in [-0.39, 0.29) is 0 Å². The first-order valence-corrected chi connectivity index (χ1v) is 17.6. The van der Waals surface area contributed by atoms with Gasteiger partial charge in [0.15, 0.2) is 0 Å². The number of hydrogen-bond donors (Lipinski definition) is 2. The van der Waals surface area contributed by atoms with Gasteiger partial charge in [-0.25, -0.2) is 0 Å². The minimum Gasteiger partial charge on any atom is -0.423 e. The van der Waals surface area contributed by atoms with Crippen molar-refractivity contribution in [1.82, 2.24) is 0 Å². The van der Waals surface area contributed by atoms with E-state index in [1.807, 2.05) is 66.7 Å². The van der Waals surface area contributed by atoms with E-state index >= 15 is 0 Å². The molecule has 2 nitrogen and oxygen atoms in total. The van der Waals surface area contributed by atoms with Crippen LogP contribution in [0.4, 0.5) is 0 Å². The summed E-state index contributed by atoms with van der Waals surface area (Å²) in [6.45, 7) is 0. The van der Waals surface area contributed by atoms with Gasteiger partial charge < -0.3 is 10.0 Å². The molecule has 0 bridgehead atoms. The Bertz CT molecular complexity index is 2280. The van der Waals surface area contributed by atoms with Gasteiger partial charge in [-0.15, -0.1) is 0 Å². The highest BCUT2D eigenvalue weighted by Gasteiger charge is 2.11. The molecule has 0 aliphatic heterocycles. The molecule has 8 aromatic rings. The summed E-state index contributed by atoms with van der Waals surface area (Å²) >= 11 is 14.8. The fourth-order valence-corrected chi connectivity index (χ4v) is 6.22. The molecule has 0 aromatic heterocycles. The van der Waals surface area contributed by atoms with E-state index in [4.69, 9.17) is 33.2 Å². The van der Waals surface area contributed by atoms with Gasteiger partial charge in [0.05, 0.1) is 0 Å². The lowest BCUT2D eigenvalue weighted by Gasteiger charge is -2.08. The second-order valence-corrected chi connectivity index (χ2v) is 13.4. The summed E-state index contributed by atoms with van der Waals surface area (Å²) in [6.07, 6.45) is 0. The Morgan fingerprint density at radius 2 is 0.740 bits per heavy atom. The first-order valence-electron chi connectivity index (χ1n) is 16.1. The fourth-order valence-electron chi connectivity index (χ4n) is 5.70. The van der Waals surface area contributed by atoms with Gasteiger partial charge in [0.25, 0.3) is 0 Å². The third kappa shape index (κ3) is 8.91. The van der Waals surface area contributed by atoms with Crippen molar-refractivity contribution >= 4 is 73.3 Å². The van der Waals surface area contributed by atoms with E-state index in [1.54, 1.807) is 12.1 Å². The molecule has 0 atom stereocenters. The third-order valence-corrected chi connectivity index (χ3v) is 9.31. The first-order chi connectivity index (χ1) is 24.4. The summed E-state index contributed by atoms with van der Waals surface area (Å²) in [5.41, 5.74) is 7.61. The smallest absolute Gasteiger partial charge is 0.423 e. The van der Waals surface area contributed by atoms with Gasteiger partial charge in [0.1, 0.15) is 0 Å². The summed E-state index contributed by atoms with van der Waals surface area (Å²) in [7, 11) is -1.42. The van der Waals surface area contributed by atoms with Crippen LogP contribution < -0.4 is 5.46 Å². The van der Waals surface area contributed by atoms with Crippen molar-refractivity contribution in [1.29, 1.82) is 0 Å². The minimum absolute atomic E-state index is 0.504. The standard InChI is InChI=1S/C22H15Cl.C16H13BO2.C6H4BrCl/c23-20-14-12-17(13-15-20)16-8-10-19(11-9-16)22-7-3-5-18-4-1-2-6-21(18)22;18-17(19)14-10-8-13(9-11-14)16-7-3-5-12-4-1-2-6-15(12)16;7-5-1-3-6(8)4-2-5/h1-15H;1-11,18-19H;1-4H. The van der Waals surface area contributed by atoms with Crippen molar-refractivity contribution in [2.75, 3.05) is 0 Å². The fraction of sp³-hybridized carbons (Fsp3) is 0. The van der Waals surface area contributed by atoms with Crippen LogP contribution in [0.1, 0.15) is 0 Å². The summed E-state index contributed by atoms with van der Waals surface area (Å²) in [5, 5.41) is 24.7. The van der Waals surface area contributed by atoms with Crippen molar-refractivity contribution in [3.8, 4) is 33.4 Å². The Kier molecular flexibility index (Phi) is 11.8. The van der Waals surface area contributed by atoms with Crippen molar-refractivity contribution in [2.24, 2.45) is 0 Å². The largest absolute Gasteiger partial charge is 0.488 e. The number of fused-ring (bicyclic) bond motifs is 2. The molecule has 8 rings (SSSR count). The molecule has 0 aliphatic carbocycles. The van der Waals surface area contributed by atoms with E-state index in [0.717, 1.165) is 25.6 Å². The molecule has 6 heteroatoms.